The Morgan fingerprint density at radius 3 is 2.47 bits per heavy atom. The molecule has 0 radical (unpaired) electrons. The summed E-state index contributed by atoms with van der Waals surface area (Å²) in [5.74, 6) is 0.298. The lowest BCUT2D eigenvalue weighted by Crippen LogP contribution is -2.18. The number of halogens is 2. The molecule has 3 rings (SSSR count). The van der Waals surface area contributed by atoms with Crippen LogP contribution in [0.3, 0.4) is 0 Å². The molecule has 3 heteroatoms. The number of rotatable bonds is 0. The predicted molar refractivity (Wildman–Crippen MR) is 80.8 cm³/mol. The van der Waals surface area contributed by atoms with Gasteiger partial charge in [-0.05, 0) is 43.2 Å². The highest BCUT2D eigenvalue weighted by molar-refractivity contribution is 6.55. The summed E-state index contributed by atoms with van der Waals surface area (Å²) in [6.45, 7) is 3.09. The van der Waals surface area contributed by atoms with Crippen LogP contribution in [0.25, 0.3) is 0 Å². The molecule has 0 bridgehead atoms. The van der Waals surface area contributed by atoms with Gasteiger partial charge in [0, 0.05) is 5.56 Å². The standard InChI is InChI=1S/C14H14O.C2H2Cl2/c15-14-12-7-3-1-5-10(12)9-11-6-2-4-8-13(11)14;1-2(3)4/h1,3,5,7H,2,4,6,8-9H2;1H2. The van der Waals surface area contributed by atoms with Gasteiger partial charge < -0.3 is 0 Å². The third-order valence-corrected chi connectivity index (χ3v) is 3.52. The van der Waals surface area contributed by atoms with Crippen molar-refractivity contribution in [2.24, 2.45) is 0 Å². The Kier molecular flexibility index (Phi) is 4.84. The number of carbonyl (C=O) groups is 1. The van der Waals surface area contributed by atoms with Crippen LogP contribution >= 0.6 is 23.2 Å². The van der Waals surface area contributed by atoms with E-state index in [4.69, 9.17) is 23.2 Å². The van der Waals surface area contributed by atoms with E-state index in [1.165, 1.54) is 24.0 Å². The Balaban J connectivity index is 0.000000297. The molecular formula is C16H16Cl2O. The lowest BCUT2D eigenvalue weighted by Gasteiger charge is -2.25. The van der Waals surface area contributed by atoms with Crippen LogP contribution in [0, 0.1) is 0 Å². The molecule has 0 spiro atoms. The van der Waals surface area contributed by atoms with Crippen molar-refractivity contribution in [3.63, 3.8) is 0 Å². The second-order valence-corrected chi connectivity index (χ2v) is 5.90. The number of ketones is 1. The molecule has 0 aromatic heterocycles. The number of Topliss-reactive ketones (excluding diaryl/α,β-unsaturated/α-hetero) is 1. The zero-order valence-electron chi connectivity index (χ0n) is 10.7. The number of benzene rings is 1. The minimum atomic E-state index is 0.111. The molecule has 0 amide bonds. The van der Waals surface area contributed by atoms with Crippen molar-refractivity contribution in [2.75, 3.05) is 0 Å². The molecule has 1 aromatic rings. The molecule has 1 aromatic carbocycles. The molecule has 0 unspecified atom stereocenters. The Morgan fingerprint density at radius 2 is 1.74 bits per heavy atom. The maximum atomic E-state index is 12.2. The molecule has 0 heterocycles. The van der Waals surface area contributed by atoms with Crippen LogP contribution < -0.4 is 0 Å². The van der Waals surface area contributed by atoms with Gasteiger partial charge in [-0.2, -0.15) is 0 Å². The summed E-state index contributed by atoms with van der Waals surface area (Å²) in [7, 11) is 0. The van der Waals surface area contributed by atoms with Crippen molar-refractivity contribution in [1.82, 2.24) is 0 Å². The molecule has 19 heavy (non-hydrogen) atoms. The smallest absolute Gasteiger partial charge is 0.189 e. The molecule has 0 aliphatic heterocycles. The van der Waals surface area contributed by atoms with Gasteiger partial charge >= 0.3 is 0 Å². The monoisotopic (exact) mass is 294 g/mol. The molecule has 2 aliphatic rings. The first-order valence-corrected chi connectivity index (χ1v) is 7.18. The fourth-order valence-corrected chi connectivity index (χ4v) is 2.73. The molecular weight excluding hydrogens is 279 g/mol. The van der Waals surface area contributed by atoms with Crippen LogP contribution in [0.1, 0.15) is 41.6 Å². The van der Waals surface area contributed by atoms with Gasteiger partial charge in [0.1, 0.15) is 0 Å². The van der Waals surface area contributed by atoms with E-state index in [0.29, 0.717) is 5.78 Å². The largest absolute Gasteiger partial charge is 0.289 e. The molecule has 100 valence electrons. The zero-order chi connectivity index (χ0) is 13.8. The van der Waals surface area contributed by atoms with Crippen LogP contribution in [-0.2, 0) is 6.42 Å². The second kappa shape index (κ2) is 6.40. The topological polar surface area (TPSA) is 17.1 Å². The van der Waals surface area contributed by atoms with Crippen LogP contribution in [0.2, 0.25) is 0 Å². The van der Waals surface area contributed by atoms with E-state index in [1.807, 2.05) is 18.2 Å². The summed E-state index contributed by atoms with van der Waals surface area (Å²) in [4.78, 5) is 12.2. The maximum absolute atomic E-state index is 12.2. The van der Waals surface area contributed by atoms with E-state index in [-0.39, 0.29) is 4.49 Å². The molecule has 0 atom stereocenters. The number of fused-ring (bicyclic) bond motifs is 1. The Morgan fingerprint density at radius 1 is 1.11 bits per heavy atom. The lowest BCUT2D eigenvalue weighted by molar-refractivity contribution is 0.102. The maximum Gasteiger partial charge on any atom is 0.189 e. The number of carbonyl (C=O) groups excluding carboxylic acids is 1. The van der Waals surface area contributed by atoms with Gasteiger partial charge in [-0.1, -0.05) is 59.6 Å². The van der Waals surface area contributed by atoms with Gasteiger partial charge in [-0.15, -0.1) is 0 Å². The van der Waals surface area contributed by atoms with Crippen molar-refractivity contribution in [2.45, 2.75) is 32.1 Å². The number of hydrogen-bond acceptors (Lipinski definition) is 1. The van der Waals surface area contributed by atoms with E-state index in [0.717, 1.165) is 30.4 Å². The fourth-order valence-electron chi connectivity index (χ4n) is 2.73. The molecule has 0 fully saturated rings. The first-order chi connectivity index (χ1) is 9.09. The van der Waals surface area contributed by atoms with E-state index in [9.17, 15) is 4.79 Å². The zero-order valence-corrected chi connectivity index (χ0v) is 12.2. The van der Waals surface area contributed by atoms with E-state index < -0.39 is 0 Å². The van der Waals surface area contributed by atoms with Gasteiger partial charge in [0.2, 0.25) is 0 Å². The highest BCUT2D eigenvalue weighted by Crippen LogP contribution is 2.34. The number of allylic oxidation sites excluding steroid dienone is 2. The quantitative estimate of drug-likeness (QED) is 0.640. The van der Waals surface area contributed by atoms with Crippen LogP contribution in [-0.4, -0.2) is 5.78 Å². The van der Waals surface area contributed by atoms with Crippen LogP contribution in [0.5, 0.6) is 0 Å². The second-order valence-electron chi connectivity index (χ2n) is 4.79. The molecule has 0 N–H and O–H groups in total. The Labute approximate surface area is 123 Å². The van der Waals surface area contributed by atoms with Gasteiger partial charge in [-0.3, -0.25) is 4.79 Å². The van der Waals surface area contributed by atoms with Crippen LogP contribution in [0.4, 0.5) is 0 Å². The van der Waals surface area contributed by atoms with Crippen molar-refractivity contribution >= 4 is 29.0 Å². The van der Waals surface area contributed by atoms with Crippen molar-refractivity contribution in [1.29, 1.82) is 0 Å². The normalized spacial score (nSPS) is 17.1. The minimum Gasteiger partial charge on any atom is -0.289 e. The lowest BCUT2D eigenvalue weighted by atomic mass is 9.78. The third-order valence-electron chi connectivity index (χ3n) is 3.52. The Hall–Kier alpha value is -1.05. The summed E-state index contributed by atoms with van der Waals surface area (Å²) < 4.78 is 0.111. The summed E-state index contributed by atoms with van der Waals surface area (Å²) in [5.41, 5.74) is 4.70. The molecule has 2 aliphatic carbocycles. The minimum absolute atomic E-state index is 0.111. The van der Waals surface area contributed by atoms with Gasteiger partial charge in [0.25, 0.3) is 0 Å². The average Bonchev–Trinajstić information content (AvgIpc) is 2.38. The molecule has 0 saturated heterocycles. The van der Waals surface area contributed by atoms with E-state index >= 15 is 0 Å². The van der Waals surface area contributed by atoms with Gasteiger partial charge in [0.15, 0.2) is 5.78 Å². The first kappa shape index (κ1) is 14.4. The van der Waals surface area contributed by atoms with Crippen molar-refractivity contribution < 1.29 is 4.79 Å². The fraction of sp³-hybridized carbons (Fsp3) is 0.312. The van der Waals surface area contributed by atoms with Crippen molar-refractivity contribution in [3.8, 4) is 0 Å². The van der Waals surface area contributed by atoms with Crippen molar-refractivity contribution in [3.05, 3.63) is 57.6 Å². The number of hydrogen-bond donors (Lipinski definition) is 0. The Bertz CT molecular complexity index is 539. The first-order valence-electron chi connectivity index (χ1n) is 6.43. The highest BCUT2D eigenvalue weighted by atomic mass is 35.5. The summed E-state index contributed by atoms with van der Waals surface area (Å²) in [5, 5.41) is 0. The van der Waals surface area contributed by atoms with Crippen LogP contribution in [0.15, 0.2) is 46.5 Å². The molecule has 1 nitrogen and oxygen atoms in total. The van der Waals surface area contributed by atoms with E-state index in [1.54, 1.807) is 0 Å². The average molecular weight is 295 g/mol. The summed E-state index contributed by atoms with van der Waals surface area (Å²) >= 11 is 9.69. The summed E-state index contributed by atoms with van der Waals surface area (Å²) in [6.07, 6.45) is 5.59. The highest BCUT2D eigenvalue weighted by Gasteiger charge is 2.26. The molecule has 0 saturated carbocycles. The predicted octanol–water partition coefficient (Wildman–Crippen LogP) is 5.23. The SMILES string of the molecule is C=C(Cl)Cl.O=C1C2=C(CCCC2)Cc2ccccc21. The van der Waals surface area contributed by atoms with Gasteiger partial charge in [0.05, 0.1) is 4.49 Å². The van der Waals surface area contributed by atoms with E-state index in [2.05, 4.69) is 12.6 Å². The summed E-state index contributed by atoms with van der Waals surface area (Å²) in [6, 6.07) is 8.05. The van der Waals surface area contributed by atoms with Gasteiger partial charge in [-0.25, -0.2) is 0 Å². The third kappa shape index (κ3) is 3.49.